The number of anilines is 1. The summed E-state index contributed by atoms with van der Waals surface area (Å²) in [5.41, 5.74) is 0.383. The van der Waals surface area contributed by atoms with E-state index in [0.717, 1.165) is 17.5 Å². The molecule has 0 unspecified atom stereocenters. The van der Waals surface area contributed by atoms with Crippen LogP contribution in [0.15, 0.2) is 49.2 Å². The van der Waals surface area contributed by atoms with Crippen molar-refractivity contribution in [3.8, 4) is 5.82 Å². The van der Waals surface area contributed by atoms with Crippen LogP contribution in [0.3, 0.4) is 0 Å². The molecule has 0 spiro atoms. The first-order chi connectivity index (χ1) is 12.7. The molecule has 3 aromatic rings. The highest BCUT2D eigenvalue weighted by Gasteiger charge is 2.24. The third-order valence-corrected chi connectivity index (χ3v) is 4.35. The summed E-state index contributed by atoms with van der Waals surface area (Å²) in [6.45, 7) is 4.57. The number of hydrogen-bond donors (Lipinski definition) is 0. The molecule has 132 valence electrons. The second-order valence-electron chi connectivity index (χ2n) is 6.09. The quantitative estimate of drug-likeness (QED) is 0.710. The Morgan fingerprint density at radius 3 is 2.42 bits per heavy atom. The van der Waals surface area contributed by atoms with Crippen molar-refractivity contribution in [1.29, 1.82) is 0 Å². The van der Waals surface area contributed by atoms with Crippen LogP contribution in [0.5, 0.6) is 0 Å². The third kappa shape index (κ3) is 3.26. The third-order valence-electron chi connectivity index (χ3n) is 4.35. The van der Waals surface area contributed by atoms with Gasteiger partial charge in [-0.2, -0.15) is 0 Å². The lowest BCUT2D eigenvalue weighted by molar-refractivity contribution is 0.0740. The average Bonchev–Trinajstić information content (AvgIpc) is 3.23. The van der Waals surface area contributed by atoms with E-state index < -0.39 is 0 Å². The molecule has 0 aliphatic carbocycles. The number of piperazine rings is 1. The van der Waals surface area contributed by atoms with Crippen molar-refractivity contribution in [2.24, 2.45) is 0 Å². The Bertz CT molecular complexity index is 887. The highest BCUT2D eigenvalue weighted by Crippen LogP contribution is 2.18. The highest BCUT2D eigenvalue weighted by molar-refractivity contribution is 5.92. The lowest BCUT2D eigenvalue weighted by Gasteiger charge is -2.35. The Kier molecular flexibility index (Phi) is 4.30. The van der Waals surface area contributed by atoms with Crippen LogP contribution < -0.4 is 4.90 Å². The summed E-state index contributed by atoms with van der Waals surface area (Å²) >= 11 is 0. The molecule has 26 heavy (non-hydrogen) atoms. The maximum Gasteiger partial charge on any atom is 0.274 e. The minimum Gasteiger partial charge on any atom is -0.353 e. The summed E-state index contributed by atoms with van der Waals surface area (Å²) in [6.07, 6.45) is 8.53. The second-order valence-corrected chi connectivity index (χ2v) is 6.09. The maximum absolute atomic E-state index is 12.5. The number of nitrogens with zero attached hydrogens (tertiary/aromatic N) is 7. The van der Waals surface area contributed by atoms with Gasteiger partial charge in [0.05, 0.1) is 6.20 Å². The lowest BCUT2D eigenvalue weighted by atomic mass is 10.2. The van der Waals surface area contributed by atoms with Crippen molar-refractivity contribution in [2.45, 2.75) is 6.92 Å². The summed E-state index contributed by atoms with van der Waals surface area (Å²) in [5, 5.41) is 0. The molecular weight excluding hydrogens is 330 g/mol. The van der Waals surface area contributed by atoms with E-state index in [1.807, 2.05) is 42.1 Å². The zero-order valence-corrected chi connectivity index (χ0v) is 14.5. The zero-order valence-electron chi connectivity index (χ0n) is 14.5. The number of aryl methyl sites for hydroxylation is 1. The number of hydrogen-bond acceptors (Lipinski definition) is 6. The van der Waals surface area contributed by atoms with Gasteiger partial charge in [-0.25, -0.2) is 15.0 Å². The van der Waals surface area contributed by atoms with Crippen LogP contribution in [-0.2, 0) is 0 Å². The number of carbonyl (C=O) groups is 1. The fourth-order valence-corrected chi connectivity index (χ4v) is 3.03. The molecular formula is C18H19N7O. The Hall–Kier alpha value is -3.29. The van der Waals surface area contributed by atoms with Gasteiger partial charge in [0.15, 0.2) is 0 Å². The van der Waals surface area contributed by atoms with E-state index in [-0.39, 0.29) is 5.91 Å². The molecule has 1 saturated heterocycles. The molecule has 0 bridgehead atoms. The first-order valence-corrected chi connectivity index (χ1v) is 8.50. The van der Waals surface area contributed by atoms with Crippen molar-refractivity contribution in [1.82, 2.24) is 29.4 Å². The molecule has 1 aliphatic rings. The summed E-state index contributed by atoms with van der Waals surface area (Å²) < 4.78 is 1.96. The van der Waals surface area contributed by atoms with E-state index in [0.29, 0.717) is 31.9 Å². The van der Waals surface area contributed by atoms with Gasteiger partial charge < -0.3 is 14.4 Å². The second kappa shape index (κ2) is 6.91. The van der Waals surface area contributed by atoms with E-state index in [1.54, 1.807) is 11.1 Å². The van der Waals surface area contributed by atoms with E-state index in [2.05, 4.69) is 24.8 Å². The average molecular weight is 349 g/mol. The number of carbonyl (C=O) groups excluding carboxylic acids is 1. The highest BCUT2D eigenvalue weighted by atomic mass is 16.2. The fourth-order valence-electron chi connectivity index (χ4n) is 3.03. The van der Waals surface area contributed by atoms with Crippen LogP contribution in [0.2, 0.25) is 0 Å². The van der Waals surface area contributed by atoms with Crippen molar-refractivity contribution in [2.75, 3.05) is 31.1 Å². The van der Waals surface area contributed by atoms with Gasteiger partial charge >= 0.3 is 0 Å². The molecule has 3 aromatic heterocycles. The van der Waals surface area contributed by atoms with Crippen molar-refractivity contribution >= 4 is 11.7 Å². The van der Waals surface area contributed by atoms with Gasteiger partial charge in [0.1, 0.15) is 23.2 Å². The van der Waals surface area contributed by atoms with Gasteiger partial charge in [-0.3, -0.25) is 9.78 Å². The molecule has 0 radical (unpaired) electrons. The van der Waals surface area contributed by atoms with Crippen LogP contribution in [0, 0.1) is 6.92 Å². The summed E-state index contributed by atoms with van der Waals surface area (Å²) in [4.78, 5) is 33.6. The normalized spacial score (nSPS) is 14.5. The van der Waals surface area contributed by atoms with Gasteiger partial charge in [-0.1, -0.05) is 0 Å². The minimum atomic E-state index is -0.0790. The molecule has 1 amide bonds. The number of amides is 1. The monoisotopic (exact) mass is 349 g/mol. The lowest BCUT2D eigenvalue weighted by Crippen LogP contribution is -2.49. The SMILES string of the molecule is Cc1nc(N2CCN(C(=O)c3cnccn3)CC2)cc(-n2cccc2)n1. The molecule has 1 fully saturated rings. The van der Waals surface area contributed by atoms with Gasteiger partial charge in [0.25, 0.3) is 5.91 Å². The fraction of sp³-hybridized carbons (Fsp3) is 0.278. The largest absolute Gasteiger partial charge is 0.353 e. The standard InChI is InChI=1S/C18H19N7O/c1-14-21-16(23-6-2-3-7-23)12-17(22-14)24-8-10-25(11-9-24)18(26)15-13-19-4-5-20-15/h2-7,12-13H,8-11H2,1H3. The molecule has 0 saturated carbocycles. The number of rotatable bonds is 3. The van der Waals surface area contributed by atoms with E-state index in [4.69, 9.17) is 0 Å². The Morgan fingerprint density at radius 1 is 1.00 bits per heavy atom. The number of aromatic nitrogens is 5. The molecule has 0 N–H and O–H groups in total. The minimum absolute atomic E-state index is 0.0790. The van der Waals surface area contributed by atoms with Crippen molar-refractivity contribution < 1.29 is 4.79 Å². The van der Waals surface area contributed by atoms with Gasteiger partial charge in [0, 0.05) is 57.0 Å². The molecule has 4 rings (SSSR count). The van der Waals surface area contributed by atoms with Crippen molar-refractivity contribution in [3.63, 3.8) is 0 Å². The van der Waals surface area contributed by atoms with E-state index in [9.17, 15) is 4.79 Å². The molecule has 0 atom stereocenters. The summed E-state index contributed by atoms with van der Waals surface area (Å²) in [7, 11) is 0. The first-order valence-electron chi connectivity index (χ1n) is 8.50. The van der Waals surface area contributed by atoms with Crippen LogP contribution in [0.1, 0.15) is 16.3 Å². The van der Waals surface area contributed by atoms with E-state index in [1.165, 1.54) is 12.4 Å². The van der Waals surface area contributed by atoms with Crippen molar-refractivity contribution in [3.05, 3.63) is 60.7 Å². The van der Waals surface area contributed by atoms with Crippen LogP contribution in [0.25, 0.3) is 5.82 Å². The topological polar surface area (TPSA) is 80.0 Å². The van der Waals surface area contributed by atoms with Crippen LogP contribution in [-0.4, -0.2) is 61.5 Å². The molecule has 1 aliphatic heterocycles. The van der Waals surface area contributed by atoms with Crippen LogP contribution in [0.4, 0.5) is 5.82 Å². The van der Waals surface area contributed by atoms with E-state index >= 15 is 0 Å². The molecule has 0 aromatic carbocycles. The van der Waals surface area contributed by atoms with Gasteiger partial charge in [-0.05, 0) is 19.1 Å². The Labute approximate surface area is 151 Å². The smallest absolute Gasteiger partial charge is 0.274 e. The predicted molar refractivity (Wildman–Crippen MR) is 96.2 cm³/mol. The molecule has 4 heterocycles. The Balaban J connectivity index is 1.47. The van der Waals surface area contributed by atoms with Gasteiger partial charge in [-0.15, -0.1) is 0 Å². The summed E-state index contributed by atoms with van der Waals surface area (Å²) in [5.74, 6) is 2.37. The molecule has 8 nitrogen and oxygen atoms in total. The molecule has 8 heteroatoms. The Morgan fingerprint density at radius 2 is 1.73 bits per heavy atom. The first kappa shape index (κ1) is 16.2. The summed E-state index contributed by atoms with van der Waals surface area (Å²) in [6, 6.07) is 5.91. The predicted octanol–water partition coefficient (Wildman–Crippen LogP) is 1.33. The van der Waals surface area contributed by atoms with Crippen LogP contribution >= 0.6 is 0 Å². The maximum atomic E-state index is 12.5. The zero-order chi connectivity index (χ0) is 17.9. The van der Waals surface area contributed by atoms with Gasteiger partial charge in [0.2, 0.25) is 0 Å².